The molecule has 1 amide bonds. The maximum atomic E-state index is 12.9. The first-order chi connectivity index (χ1) is 11.2. The van der Waals surface area contributed by atoms with Crippen LogP contribution in [0.2, 0.25) is 5.02 Å². The van der Waals surface area contributed by atoms with E-state index in [-0.39, 0.29) is 28.1 Å². The summed E-state index contributed by atoms with van der Waals surface area (Å²) in [7, 11) is -3.43. The quantitative estimate of drug-likeness (QED) is 0.847. The molecule has 24 heavy (non-hydrogen) atoms. The van der Waals surface area contributed by atoms with Gasteiger partial charge < -0.3 is 5.32 Å². The number of amides is 1. The van der Waals surface area contributed by atoms with E-state index in [4.69, 9.17) is 11.6 Å². The highest BCUT2D eigenvalue weighted by molar-refractivity contribution is 7.92. The standard InChI is InChI=1S/C16H16ClFN2O3S/c1-10(11-3-5-12(18)6-4-11)19-16(21)14-8-7-13(9-15(14)17)20-24(2,22)23/h3-10,20H,1-2H3,(H,19,21)/t10-/m0/s1. The first-order valence-electron chi connectivity index (χ1n) is 6.99. The van der Waals surface area contributed by atoms with Crippen molar-refractivity contribution in [3.63, 3.8) is 0 Å². The van der Waals surface area contributed by atoms with E-state index in [0.29, 0.717) is 0 Å². The molecular weight excluding hydrogens is 355 g/mol. The monoisotopic (exact) mass is 370 g/mol. The molecule has 2 aromatic rings. The molecule has 0 saturated carbocycles. The van der Waals surface area contributed by atoms with E-state index in [2.05, 4.69) is 10.0 Å². The number of sulfonamides is 1. The fourth-order valence-corrected chi connectivity index (χ4v) is 2.91. The molecule has 0 unspecified atom stereocenters. The van der Waals surface area contributed by atoms with Crippen LogP contribution in [0, 0.1) is 5.82 Å². The smallest absolute Gasteiger partial charge is 0.253 e. The van der Waals surface area contributed by atoms with Gasteiger partial charge in [0, 0.05) is 5.69 Å². The fourth-order valence-electron chi connectivity index (χ4n) is 2.09. The zero-order valence-electron chi connectivity index (χ0n) is 13.0. The molecule has 0 heterocycles. The van der Waals surface area contributed by atoms with Crippen molar-refractivity contribution >= 4 is 33.2 Å². The molecule has 2 aromatic carbocycles. The summed E-state index contributed by atoms with van der Waals surface area (Å²) < 4.78 is 37.6. The van der Waals surface area contributed by atoms with Crippen LogP contribution in [0.3, 0.4) is 0 Å². The van der Waals surface area contributed by atoms with Gasteiger partial charge in [-0.15, -0.1) is 0 Å². The van der Waals surface area contributed by atoms with Crippen molar-refractivity contribution in [3.8, 4) is 0 Å². The molecule has 2 N–H and O–H groups in total. The van der Waals surface area contributed by atoms with Gasteiger partial charge in [0.25, 0.3) is 5.91 Å². The Kier molecular flexibility index (Phi) is 5.46. The summed E-state index contributed by atoms with van der Waals surface area (Å²) in [6, 6.07) is 9.70. The Balaban J connectivity index is 2.13. The van der Waals surface area contributed by atoms with Crippen LogP contribution in [0.4, 0.5) is 10.1 Å². The largest absolute Gasteiger partial charge is 0.345 e. The number of hydrogen-bond acceptors (Lipinski definition) is 3. The number of benzene rings is 2. The molecule has 5 nitrogen and oxygen atoms in total. The SMILES string of the molecule is C[C@H](NC(=O)c1ccc(NS(C)(=O)=O)cc1Cl)c1ccc(F)cc1. The van der Waals surface area contributed by atoms with Crippen molar-refractivity contribution < 1.29 is 17.6 Å². The number of carbonyl (C=O) groups excluding carboxylic acids is 1. The minimum absolute atomic E-state index is 0.118. The molecular formula is C16H16ClFN2O3S. The molecule has 8 heteroatoms. The Labute approximate surface area is 144 Å². The lowest BCUT2D eigenvalue weighted by molar-refractivity contribution is 0.0940. The van der Waals surface area contributed by atoms with E-state index in [0.717, 1.165) is 11.8 Å². The van der Waals surface area contributed by atoms with Gasteiger partial charge in [-0.25, -0.2) is 12.8 Å². The molecule has 0 aliphatic heterocycles. The summed E-state index contributed by atoms with van der Waals surface area (Å²) >= 11 is 6.06. The topological polar surface area (TPSA) is 75.3 Å². The van der Waals surface area contributed by atoms with Crippen molar-refractivity contribution in [3.05, 3.63) is 64.4 Å². The lowest BCUT2D eigenvalue weighted by Gasteiger charge is -2.15. The predicted octanol–water partition coefficient (Wildman–Crippen LogP) is 3.34. The normalized spacial score (nSPS) is 12.5. The maximum Gasteiger partial charge on any atom is 0.253 e. The van der Waals surface area contributed by atoms with Crippen molar-refractivity contribution in [2.45, 2.75) is 13.0 Å². The van der Waals surface area contributed by atoms with Crippen molar-refractivity contribution in [1.29, 1.82) is 0 Å². The van der Waals surface area contributed by atoms with Crippen LogP contribution in [0.1, 0.15) is 28.9 Å². The summed E-state index contributed by atoms with van der Waals surface area (Å²) in [4.78, 5) is 12.3. The molecule has 0 aliphatic carbocycles. The van der Waals surface area contributed by atoms with Gasteiger partial charge in [-0.3, -0.25) is 9.52 Å². The first kappa shape index (κ1) is 18.2. The van der Waals surface area contributed by atoms with Crippen LogP contribution in [0.5, 0.6) is 0 Å². The summed E-state index contributed by atoms with van der Waals surface area (Å²) in [6.07, 6.45) is 1.02. The highest BCUT2D eigenvalue weighted by Gasteiger charge is 2.15. The minimum Gasteiger partial charge on any atom is -0.345 e. The molecule has 0 fully saturated rings. The molecule has 0 aliphatic rings. The maximum absolute atomic E-state index is 12.9. The predicted molar refractivity (Wildman–Crippen MR) is 92.2 cm³/mol. The van der Waals surface area contributed by atoms with Gasteiger partial charge in [0.1, 0.15) is 5.82 Å². The molecule has 0 saturated heterocycles. The van der Waals surface area contributed by atoms with E-state index in [1.807, 2.05) is 0 Å². The van der Waals surface area contributed by atoms with E-state index in [1.54, 1.807) is 19.1 Å². The van der Waals surface area contributed by atoms with E-state index in [9.17, 15) is 17.6 Å². The summed E-state index contributed by atoms with van der Waals surface area (Å²) in [5.74, 6) is -0.767. The lowest BCUT2D eigenvalue weighted by atomic mass is 10.1. The highest BCUT2D eigenvalue weighted by Crippen LogP contribution is 2.23. The number of anilines is 1. The minimum atomic E-state index is -3.43. The molecule has 2 rings (SSSR count). The molecule has 0 aromatic heterocycles. The third-order valence-corrected chi connectivity index (χ3v) is 4.15. The second kappa shape index (κ2) is 7.19. The van der Waals surface area contributed by atoms with Crippen molar-refractivity contribution in [2.24, 2.45) is 0 Å². The van der Waals surface area contributed by atoms with Crippen LogP contribution in [0.15, 0.2) is 42.5 Å². The summed E-state index contributed by atoms with van der Waals surface area (Å²) in [5.41, 5.74) is 1.23. The summed E-state index contributed by atoms with van der Waals surface area (Å²) in [6.45, 7) is 1.76. The van der Waals surface area contributed by atoms with Crippen LogP contribution in [-0.4, -0.2) is 20.6 Å². The lowest BCUT2D eigenvalue weighted by Crippen LogP contribution is -2.27. The first-order valence-corrected chi connectivity index (χ1v) is 9.26. The van der Waals surface area contributed by atoms with Gasteiger partial charge in [0.05, 0.1) is 22.9 Å². The zero-order valence-corrected chi connectivity index (χ0v) is 14.6. The number of hydrogen-bond donors (Lipinski definition) is 2. The van der Waals surface area contributed by atoms with Crippen LogP contribution < -0.4 is 10.0 Å². The Bertz CT molecular complexity index is 854. The van der Waals surface area contributed by atoms with Gasteiger partial charge in [-0.05, 0) is 42.8 Å². The molecule has 0 spiro atoms. The number of carbonyl (C=O) groups is 1. The van der Waals surface area contributed by atoms with Gasteiger partial charge in [0.2, 0.25) is 10.0 Å². The highest BCUT2D eigenvalue weighted by atomic mass is 35.5. The Hall–Kier alpha value is -2.12. The van der Waals surface area contributed by atoms with Crippen molar-refractivity contribution in [1.82, 2.24) is 5.32 Å². The van der Waals surface area contributed by atoms with Gasteiger partial charge in [0.15, 0.2) is 0 Å². The zero-order chi connectivity index (χ0) is 17.9. The Morgan fingerprint density at radius 3 is 2.33 bits per heavy atom. The second-order valence-electron chi connectivity index (χ2n) is 5.32. The van der Waals surface area contributed by atoms with E-state index >= 15 is 0 Å². The average Bonchev–Trinajstić information content (AvgIpc) is 2.46. The van der Waals surface area contributed by atoms with Gasteiger partial charge >= 0.3 is 0 Å². The van der Waals surface area contributed by atoms with Crippen LogP contribution in [-0.2, 0) is 10.0 Å². The number of rotatable bonds is 5. The number of halogens is 2. The van der Waals surface area contributed by atoms with Crippen molar-refractivity contribution in [2.75, 3.05) is 11.0 Å². The third-order valence-electron chi connectivity index (χ3n) is 3.23. The molecule has 0 radical (unpaired) electrons. The second-order valence-corrected chi connectivity index (χ2v) is 7.47. The van der Waals surface area contributed by atoms with Gasteiger partial charge in [-0.2, -0.15) is 0 Å². The number of nitrogens with one attached hydrogen (secondary N) is 2. The Morgan fingerprint density at radius 2 is 1.79 bits per heavy atom. The van der Waals surface area contributed by atoms with Crippen LogP contribution in [0.25, 0.3) is 0 Å². The molecule has 128 valence electrons. The van der Waals surface area contributed by atoms with E-state index in [1.165, 1.54) is 30.3 Å². The Morgan fingerprint density at radius 1 is 1.17 bits per heavy atom. The van der Waals surface area contributed by atoms with Gasteiger partial charge in [-0.1, -0.05) is 23.7 Å². The van der Waals surface area contributed by atoms with E-state index < -0.39 is 15.9 Å². The third kappa shape index (κ3) is 4.94. The summed E-state index contributed by atoms with van der Waals surface area (Å²) in [5, 5.41) is 2.87. The molecule has 0 bridgehead atoms. The average molecular weight is 371 g/mol. The fraction of sp³-hybridized carbons (Fsp3) is 0.188. The van der Waals surface area contributed by atoms with Crippen LogP contribution >= 0.6 is 11.6 Å². The molecule has 1 atom stereocenters.